The predicted octanol–water partition coefficient (Wildman–Crippen LogP) is 1.06. The lowest BCUT2D eigenvalue weighted by atomic mass is 9.84. The molecule has 0 aromatic rings. The van der Waals surface area contributed by atoms with Crippen LogP contribution >= 0.6 is 0 Å². The van der Waals surface area contributed by atoms with E-state index in [0.717, 1.165) is 57.8 Å². The Kier molecular flexibility index (Phi) is 5.01. The van der Waals surface area contributed by atoms with Crippen LogP contribution in [-0.2, 0) is 4.74 Å². The fourth-order valence-corrected chi connectivity index (χ4v) is 4.21. The Morgan fingerprint density at radius 3 is 2.62 bits per heavy atom. The van der Waals surface area contributed by atoms with Crippen molar-refractivity contribution in [3.05, 3.63) is 0 Å². The van der Waals surface area contributed by atoms with E-state index >= 15 is 0 Å². The number of ether oxygens (including phenoxy) is 1. The van der Waals surface area contributed by atoms with E-state index in [1.165, 1.54) is 32.1 Å². The summed E-state index contributed by atoms with van der Waals surface area (Å²) in [5, 5.41) is 7.02. The van der Waals surface area contributed by atoms with Crippen LogP contribution in [0.2, 0.25) is 0 Å². The Morgan fingerprint density at radius 2 is 2.00 bits per heavy atom. The molecule has 1 heterocycles. The van der Waals surface area contributed by atoms with Gasteiger partial charge in [-0.3, -0.25) is 9.89 Å². The van der Waals surface area contributed by atoms with Crippen molar-refractivity contribution in [3.8, 4) is 0 Å². The largest absolute Gasteiger partial charge is 0.379 e. The molecule has 0 unspecified atom stereocenters. The molecule has 2 saturated carbocycles. The van der Waals surface area contributed by atoms with Crippen molar-refractivity contribution in [2.45, 2.75) is 32.1 Å². The van der Waals surface area contributed by atoms with Gasteiger partial charge in [-0.15, -0.1) is 0 Å². The molecule has 0 amide bonds. The van der Waals surface area contributed by atoms with Gasteiger partial charge in [0.1, 0.15) is 0 Å². The van der Waals surface area contributed by atoms with Crippen molar-refractivity contribution in [2.24, 2.45) is 16.3 Å². The Morgan fingerprint density at radius 1 is 1.24 bits per heavy atom. The molecule has 2 N–H and O–H groups in total. The molecule has 120 valence electrons. The molecule has 5 heteroatoms. The Labute approximate surface area is 128 Å². The maximum atomic E-state index is 5.37. The highest BCUT2D eigenvalue weighted by Gasteiger charge is 2.44. The lowest BCUT2D eigenvalue weighted by Crippen LogP contribution is -2.46. The summed E-state index contributed by atoms with van der Waals surface area (Å²) >= 11 is 0. The second kappa shape index (κ2) is 6.97. The van der Waals surface area contributed by atoms with Gasteiger partial charge in [0.2, 0.25) is 0 Å². The topological polar surface area (TPSA) is 48.9 Å². The van der Waals surface area contributed by atoms with Gasteiger partial charge in [0.25, 0.3) is 0 Å². The zero-order valence-corrected chi connectivity index (χ0v) is 13.4. The maximum Gasteiger partial charge on any atom is 0.191 e. The Balaban J connectivity index is 1.35. The molecule has 3 rings (SSSR count). The highest BCUT2D eigenvalue weighted by atomic mass is 16.5. The van der Waals surface area contributed by atoms with Crippen LogP contribution in [0, 0.1) is 11.3 Å². The summed E-state index contributed by atoms with van der Waals surface area (Å²) in [5.74, 6) is 1.98. The van der Waals surface area contributed by atoms with E-state index in [1.54, 1.807) is 0 Å². The van der Waals surface area contributed by atoms with Gasteiger partial charge in [0, 0.05) is 39.8 Å². The first-order chi connectivity index (χ1) is 10.3. The van der Waals surface area contributed by atoms with Crippen molar-refractivity contribution in [1.29, 1.82) is 0 Å². The minimum Gasteiger partial charge on any atom is -0.379 e. The number of guanidine groups is 1. The van der Waals surface area contributed by atoms with E-state index in [9.17, 15) is 0 Å². The molecule has 3 fully saturated rings. The second-order valence-corrected chi connectivity index (χ2v) is 6.95. The van der Waals surface area contributed by atoms with Gasteiger partial charge in [0.15, 0.2) is 5.96 Å². The molecular weight excluding hydrogens is 264 g/mol. The van der Waals surface area contributed by atoms with Gasteiger partial charge in [-0.2, -0.15) is 0 Å². The summed E-state index contributed by atoms with van der Waals surface area (Å²) in [6, 6.07) is 0. The molecule has 1 aliphatic heterocycles. The van der Waals surface area contributed by atoms with Crippen LogP contribution in [0.1, 0.15) is 32.1 Å². The average molecular weight is 294 g/mol. The predicted molar refractivity (Wildman–Crippen MR) is 85.6 cm³/mol. The fourth-order valence-electron chi connectivity index (χ4n) is 4.21. The van der Waals surface area contributed by atoms with E-state index in [-0.39, 0.29) is 0 Å². The van der Waals surface area contributed by atoms with Crippen molar-refractivity contribution in [2.75, 3.05) is 53.0 Å². The number of morpholine rings is 1. The van der Waals surface area contributed by atoms with Crippen molar-refractivity contribution in [3.63, 3.8) is 0 Å². The number of hydrogen-bond acceptors (Lipinski definition) is 3. The number of nitrogens with one attached hydrogen (secondary N) is 2. The first kappa shape index (κ1) is 15.1. The monoisotopic (exact) mass is 294 g/mol. The number of hydrogen-bond donors (Lipinski definition) is 2. The third kappa shape index (κ3) is 3.89. The fraction of sp³-hybridized carbons (Fsp3) is 0.938. The molecule has 0 atom stereocenters. The van der Waals surface area contributed by atoms with E-state index in [2.05, 4.69) is 20.5 Å². The number of aliphatic imine (C=N–C) groups is 1. The highest BCUT2D eigenvalue weighted by Crippen LogP contribution is 2.53. The first-order valence-corrected chi connectivity index (χ1v) is 8.54. The van der Waals surface area contributed by atoms with Crippen molar-refractivity contribution in [1.82, 2.24) is 15.5 Å². The van der Waals surface area contributed by atoms with Gasteiger partial charge in [-0.25, -0.2) is 0 Å². The number of nitrogens with zero attached hydrogens (tertiary/aromatic N) is 2. The lowest BCUT2D eigenvalue weighted by Gasteiger charge is -2.29. The Hall–Kier alpha value is -0.810. The van der Waals surface area contributed by atoms with E-state index in [0.29, 0.717) is 5.41 Å². The summed E-state index contributed by atoms with van der Waals surface area (Å²) in [5.41, 5.74) is 0.576. The van der Waals surface area contributed by atoms with Crippen LogP contribution in [-0.4, -0.2) is 63.8 Å². The van der Waals surface area contributed by atoms with Crippen LogP contribution in [0.5, 0.6) is 0 Å². The van der Waals surface area contributed by atoms with E-state index < -0.39 is 0 Å². The van der Waals surface area contributed by atoms with Crippen molar-refractivity contribution < 1.29 is 4.74 Å². The molecule has 0 spiro atoms. The number of rotatable bonds is 5. The SMILES string of the molecule is CN=C(NCCN1CCOCC1)NCC12CCC(CC1)C2. The second-order valence-electron chi connectivity index (χ2n) is 6.95. The number of fused-ring (bicyclic) bond motifs is 2. The van der Waals surface area contributed by atoms with Crippen LogP contribution in [0.15, 0.2) is 4.99 Å². The van der Waals surface area contributed by atoms with Crippen LogP contribution in [0.25, 0.3) is 0 Å². The van der Waals surface area contributed by atoms with Crippen LogP contribution < -0.4 is 10.6 Å². The van der Waals surface area contributed by atoms with Gasteiger partial charge < -0.3 is 15.4 Å². The van der Waals surface area contributed by atoms with Gasteiger partial charge >= 0.3 is 0 Å². The minimum absolute atomic E-state index is 0.576. The molecule has 1 saturated heterocycles. The molecule has 3 aliphatic rings. The summed E-state index contributed by atoms with van der Waals surface area (Å²) < 4.78 is 5.37. The van der Waals surface area contributed by atoms with Crippen molar-refractivity contribution >= 4 is 5.96 Å². The van der Waals surface area contributed by atoms with Gasteiger partial charge in [-0.1, -0.05) is 0 Å². The minimum atomic E-state index is 0.576. The summed E-state index contributed by atoms with van der Waals surface area (Å²) in [6.07, 6.45) is 7.16. The third-order valence-electron chi connectivity index (χ3n) is 5.57. The van der Waals surface area contributed by atoms with Gasteiger partial charge in [0.05, 0.1) is 13.2 Å². The standard InChI is InChI=1S/C16H30N4O/c1-17-15(18-6-7-20-8-10-21-11-9-20)19-13-16-4-2-14(12-16)3-5-16/h14H,2-13H2,1H3,(H2,17,18,19). The average Bonchev–Trinajstić information content (AvgIpc) is 3.13. The van der Waals surface area contributed by atoms with E-state index in [4.69, 9.17) is 4.74 Å². The lowest BCUT2D eigenvalue weighted by molar-refractivity contribution is 0.0389. The third-order valence-corrected chi connectivity index (χ3v) is 5.57. The zero-order chi connectivity index (χ0) is 14.5. The quantitative estimate of drug-likeness (QED) is 0.588. The van der Waals surface area contributed by atoms with Crippen LogP contribution in [0.4, 0.5) is 0 Å². The molecule has 5 nitrogen and oxygen atoms in total. The van der Waals surface area contributed by atoms with Gasteiger partial charge in [-0.05, 0) is 43.4 Å². The van der Waals surface area contributed by atoms with E-state index in [1.807, 2.05) is 7.05 Å². The molecular formula is C16H30N4O. The van der Waals surface area contributed by atoms with Crippen LogP contribution in [0.3, 0.4) is 0 Å². The summed E-state index contributed by atoms with van der Waals surface area (Å²) in [4.78, 5) is 6.81. The molecule has 21 heavy (non-hydrogen) atoms. The normalized spacial score (nSPS) is 33.4. The Bertz CT molecular complexity index is 357. The molecule has 2 aliphatic carbocycles. The molecule has 0 aromatic carbocycles. The molecule has 2 bridgehead atoms. The first-order valence-electron chi connectivity index (χ1n) is 8.54. The maximum absolute atomic E-state index is 5.37. The molecule has 0 aromatic heterocycles. The zero-order valence-electron chi connectivity index (χ0n) is 13.4. The summed E-state index contributed by atoms with van der Waals surface area (Å²) in [7, 11) is 1.87. The highest BCUT2D eigenvalue weighted by molar-refractivity contribution is 5.79. The molecule has 0 radical (unpaired) electrons. The smallest absolute Gasteiger partial charge is 0.191 e. The summed E-state index contributed by atoms with van der Waals surface area (Å²) in [6.45, 7) is 6.97.